The Morgan fingerprint density at radius 1 is 1.06 bits per heavy atom. The second-order valence-corrected chi connectivity index (χ2v) is 5.55. The van der Waals surface area contributed by atoms with Crippen LogP contribution in [0, 0.1) is 0 Å². The Morgan fingerprint density at radius 3 is 2.33 bits per heavy atom. The minimum Gasteiger partial charge on any atom is -0.381 e. The van der Waals surface area contributed by atoms with Crippen molar-refractivity contribution in [3.8, 4) is 0 Å². The molecule has 0 fully saturated rings. The minimum absolute atomic E-state index is 0.902. The van der Waals surface area contributed by atoms with Crippen molar-refractivity contribution in [3.63, 3.8) is 0 Å². The molecule has 0 heterocycles. The molecule has 0 saturated heterocycles. The zero-order valence-electron chi connectivity index (χ0n) is 10.7. The van der Waals surface area contributed by atoms with Crippen molar-refractivity contribution in [2.24, 2.45) is 0 Å². The largest absolute Gasteiger partial charge is 0.381 e. The van der Waals surface area contributed by atoms with Crippen molar-refractivity contribution in [2.75, 3.05) is 0 Å². The highest BCUT2D eigenvalue weighted by Gasteiger charge is 2.25. The molecule has 2 heteroatoms. The molecule has 0 spiro atoms. The van der Waals surface area contributed by atoms with E-state index >= 15 is 0 Å². The van der Waals surface area contributed by atoms with Gasteiger partial charge in [-0.3, -0.25) is 0 Å². The monoisotopic (exact) mass is 304 g/mol. The normalized spacial score (nSPS) is 14.2. The summed E-state index contributed by atoms with van der Waals surface area (Å²) in [4.78, 5) is 0. The maximum Gasteiger partial charge on any atom is 0.112 e. The minimum atomic E-state index is -0.953. The molecule has 2 aromatic carbocycles. The molecule has 2 rings (SSSR count). The van der Waals surface area contributed by atoms with Gasteiger partial charge in [0.05, 0.1) is 0 Å². The summed E-state index contributed by atoms with van der Waals surface area (Å²) in [5.74, 6) is 0. The molecule has 0 bridgehead atoms. The van der Waals surface area contributed by atoms with Crippen molar-refractivity contribution in [1.29, 1.82) is 0 Å². The van der Waals surface area contributed by atoms with Gasteiger partial charge in [-0.1, -0.05) is 59.3 Å². The molecule has 0 radical (unpaired) electrons. The molecule has 0 aromatic heterocycles. The van der Waals surface area contributed by atoms with E-state index in [0.717, 1.165) is 22.0 Å². The highest BCUT2D eigenvalue weighted by Crippen LogP contribution is 2.30. The lowest BCUT2D eigenvalue weighted by Gasteiger charge is -2.25. The van der Waals surface area contributed by atoms with Gasteiger partial charge in [-0.05, 0) is 42.2 Å². The average molecular weight is 305 g/mol. The fraction of sp³-hybridized carbons (Fsp3) is 0.250. The summed E-state index contributed by atoms with van der Waals surface area (Å²) in [7, 11) is 0. The van der Waals surface area contributed by atoms with Gasteiger partial charge in [-0.15, -0.1) is 0 Å². The summed E-state index contributed by atoms with van der Waals surface area (Å²) in [5, 5.41) is 10.8. The first-order valence-electron chi connectivity index (χ1n) is 6.12. The smallest absolute Gasteiger partial charge is 0.112 e. The van der Waals surface area contributed by atoms with Crippen LogP contribution in [0.3, 0.4) is 0 Å². The summed E-state index contributed by atoms with van der Waals surface area (Å²) in [6.45, 7) is 3.96. The molecular weight excluding hydrogens is 288 g/mol. The standard InChI is InChI=1S/C16H17BrO/c1-3-12-5-4-6-14(11-12)16(2,18)13-7-9-15(17)10-8-13/h4-11,18H,3H2,1-2H3. The fourth-order valence-electron chi connectivity index (χ4n) is 2.04. The Labute approximate surface area is 117 Å². The van der Waals surface area contributed by atoms with Crippen LogP contribution in [0.15, 0.2) is 53.0 Å². The van der Waals surface area contributed by atoms with Gasteiger partial charge in [0.2, 0.25) is 0 Å². The highest BCUT2D eigenvalue weighted by atomic mass is 79.9. The highest BCUT2D eigenvalue weighted by molar-refractivity contribution is 9.10. The molecule has 2 aromatic rings. The third kappa shape index (κ3) is 2.65. The maximum atomic E-state index is 10.8. The van der Waals surface area contributed by atoms with Gasteiger partial charge >= 0.3 is 0 Å². The van der Waals surface area contributed by atoms with E-state index in [-0.39, 0.29) is 0 Å². The van der Waals surface area contributed by atoms with E-state index in [1.165, 1.54) is 5.56 Å². The SMILES string of the molecule is CCc1cccc(C(C)(O)c2ccc(Br)cc2)c1. The van der Waals surface area contributed by atoms with Gasteiger partial charge in [0.1, 0.15) is 5.60 Å². The van der Waals surface area contributed by atoms with Gasteiger partial charge in [-0.25, -0.2) is 0 Å². The lowest BCUT2D eigenvalue weighted by atomic mass is 9.87. The van der Waals surface area contributed by atoms with Crippen molar-refractivity contribution >= 4 is 15.9 Å². The maximum absolute atomic E-state index is 10.8. The van der Waals surface area contributed by atoms with Crippen molar-refractivity contribution < 1.29 is 5.11 Å². The molecule has 1 unspecified atom stereocenters. The second-order valence-electron chi connectivity index (χ2n) is 4.63. The number of halogens is 1. The second kappa shape index (κ2) is 5.25. The first-order chi connectivity index (χ1) is 8.54. The predicted octanol–water partition coefficient (Wildman–Crippen LogP) is 4.27. The van der Waals surface area contributed by atoms with Gasteiger partial charge in [-0.2, -0.15) is 0 Å². The average Bonchev–Trinajstić information content (AvgIpc) is 2.39. The van der Waals surface area contributed by atoms with Crippen LogP contribution in [-0.4, -0.2) is 5.11 Å². The Hall–Kier alpha value is -1.12. The molecule has 0 saturated carbocycles. The predicted molar refractivity (Wildman–Crippen MR) is 78.6 cm³/mol. The van der Waals surface area contributed by atoms with Crippen LogP contribution in [0.5, 0.6) is 0 Å². The Kier molecular flexibility index (Phi) is 3.88. The van der Waals surface area contributed by atoms with Crippen molar-refractivity contribution in [3.05, 3.63) is 69.7 Å². The van der Waals surface area contributed by atoms with Crippen LogP contribution in [0.1, 0.15) is 30.5 Å². The quantitative estimate of drug-likeness (QED) is 0.898. The number of hydrogen-bond donors (Lipinski definition) is 1. The Morgan fingerprint density at radius 2 is 1.72 bits per heavy atom. The number of rotatable bonds is 3. The van der Waals surface area contributed by atoms with Crippen LogP contribution in [0.2, 0.25) is 0 Å². The van der Waals surface area contributed by atoms with Crippen LogP contribution in [0.25, 0.3) is 0 Å². The zero-order chi connectivity index (χ0) is 13.2. The molecular formula is C16H17BrO. The molecule has 0 aliphatic heterocycles. The summed E-state index contributed by atoms with van der Waals surface area (Å²) < 4.78 is 1.02. The number of aryl methyl sites for hydroxylation is 1. The van der Waals surface area contributed by atoms with Crippen LogP contribution >= 0.6 is 15.9 Å². The molecule has 1 N–H and O–H groups in total. The topological polar surface area (TPSA) is 20.2 Å². The van der Waals surface area contributed by atoms with E-state index in [1.807, 2.05) is 43.3 Å². The van der Waals surface area contributed by atoms with E-state index < -0.39 is 5.60 Å². The third-order valence-electron chi connectivity index (χ3n) is 3.30. The van der Waals surface area contributed by atoms with Gasteiger partial charge < -0.3 is 5.11 Å². The lowest BCUT2D eigenvalue weighted by molar-refractivity contribution is 0.102. The molecule has 0 amide bonds. The van der Waals surface area contributed by atoms with E-state index in [0.29, 0.717) is 0 Å². The first-order valence-corrected chi connectivity index (χ1v) is 6.91. The summed E-state index contributed by atoms with van der Waals surface area (Å²) >= 11 is 3.41. The molecule has 1 atom stereocenters. The van der Waals surface area contributed by atoms with Gasteiger partial charge in [0, 0.05) is 4.47 Å². The summed E-state index contributed by atoms with van der Waals surface area (Å²) in [6.07, 6.45) is 0.976. The third-order valence-corrected chi connectivity index (χ3v) is 3.83. The number of hydrogen-bond acceptors (Lipinski definition) is 1. The van der Waals surface area contributed by atoms with E-state index in [4.69, 9.17) is 0 Å². The lowest BCUT2D eigenvalue weighted by Crippen LogP contribution is -2.22. The number of aliphatic hydroxyl groups is 1. The summed E-state index contributed by atoms with van der Waals surface area (Å²) in [6, 6.07) is 15.9. The van der Waals surface area contributed by atoms with Crippen LogP contribution < -0.4 is 0 Å². The Bertz CT molecular complexity index is 529. The van der Waals surface area contributed by atoms with E-state index in [9.17, 15) is 5.11 Å². The molecule has 0 aliphatic rings. The van der Waals surface area contributed by atoms with Crippen molar-refractivity contribution in [1.82, 2.24) is 0 Å². The van der Waals surface area contributed by atoms with Crippen LogP contribution in [-0.2, 0) is 12.0 Å². The van der Waals surface area contributed by atoms with Crippen molar-refractivity contribution in [2.45, 2.75) is 25.9 Å². The molecule has 1 nitrogen and oxygen atoms in total. The van der Waals surface area contributed by atoms with Gasteiger partial charge in [0.25, 0.3) is 0 Å². The van der Waals surface area contributed by atoms with Crippen LogP contribution in [0.4, 0.5) is 0 Å². The number of benzene rings is 2. The summed E-state index contributed by atoms with van der Waals surface area (Å²) in [5.41, 5.74) is 2.12. The van der Waals surface area contributed by atoms with E-state index in [1.54, 1.807) is 0 Å². The Balaban J connectivity index is 2.43. The van der Waals surface area contributed by atoms with Gasteiger partial charge in [0.15, 0.2) is 0 Å². The first kappa shape index (κ1) is 13.3. The molecule has 94 valence electrons. The molecule has 18 heavy (non-hydrogen) atoms. The fourth-order valence-corrected chi connectivity index (χ4v) is 2.30. The zero-order valence-corrected chi connectivity index (χ0v) is 12.2. The molecule has 0 aliphatic carbocycles. The van der Waals surface area contributed by atoms with E-state index in [2.05, 4.69) is 35.0 Å².